The monoisotopic (exact) mass is 786 g/mol. The molecule has 0 bridgehead atoms. The van der Waals surface area contributed by atoms with Gasteiger partial charge in [0.15, 0.2) is 0 Å². The van der Waals surface area contributed by atoms with Crippen LogP contribution in [0, 0.1) is 5.41 Å². The number of aromatic hydroxyl groups is 1. The van der Waals surface area contributed by atoms with Crippen molar-refractivity contribution in [2.24, 2.45) is 5.41 Å². The van der Waals surface area contributed by atoms with Crippen LogP contribution in [0.15, 0.2) is 87.1 Å². The number of aliphatic hydroxyl groups excluding tert-OH is 1. The van der Waals surface area contributed by atoms with E-state index in [0.717, 1.165) is 67.5 Å². The Morgan fingerprint density at radius 2 is 1.76 bits per heavy atom. The van der Waals surface area contributed by atoms with Crippen LogP contribution < -0.4 is 15.7 Å². The number of carbonyl (C=O) groups is 1. The Bertz CT molecular complexity index is 2340. The number of aliphatic hydroxyl groups is 2. The standard InChI is InChI=1S/C40H42N4O7S3/c45-29-10-7-26(27-8-11-35(47)42-36(27)29)30(46)24-41-23-25-6-9-28-31(22-25)54-38(49)44(28)17-3-16-43-18-14-39(15-19-43)13-12-32(39)51-37(48)40(50,33-4-1-20-52-33)34-5-2-21-53-34/h1-2,4-11,20-22,30,32,41,45-46,50H,3,12-19,23-24H2,(H,42,47)/t30-,32?/m0/s1. The van der Waals surface area contributed by atoms with Gasteiger partial charge in [-0.3, -0.25) is 14.2 Å². The Morgan fingerprint density at radius 3 is 2.44 bits per heavy atom. The molecule has 1 spiro atoms. The van der Waals surface area contributed by atoms with E-state index in [4.69, 9.17) is 4.74 Å². The second kappa shape index (κ2) is 15.2. The Balaban J connectivity index is 0.822. The normalized spacial score (nSPS) is 17.9. The molecule has 4 aromatic heterocycles. The molecule has 8 rings (SSSR count). The number of piperidine rings is 1. The molecule has 6 aromatic rings. The minimum Gasteiger partial charge on any atom is -0.506 e. The number of nitrogens with one attached hydrogen (secondary N) is 2. The van der Waals surface area contributed by atoms with Crippen LogP contribution in [0.3, 0.4) is 0 Å². The number of carbonyl (C=O) groups excluding carboxylic acids is 1. The number of thiazole rings is 1. The van der Waals surface area contributed by atoms with Crippen LogP contribution in [0.1, 0.15) is 59.1 Å². The van der Waals surface area contributed by atoms with Crippen molar-refractivity contribution in [2.45, 2.75) is 63.0 Å². The van der Waals surface area contributed by atoms with Crippen molar-refractivity contribution < 1.29 is 24.9 Å². The van der Waals surface area contributed by atoms with Crippen molar-refractivity contribution in [2.75, 3.05) is 26.2 Å². The number of phenolic OH excluding ortho intramolecular Hbond substituents is 1. The van der Waals surface area contributed by atoms with E-state index in [1.807, 2.05) is 45.7 Å². The summed E-state index contributed by atoms with van der Waals surface area (Å²) in [5.41, 5.74) is 0.639. The third kappa shape index (κ3) is 6.96. The number of nitrogens with zero attached hydrogens (tertiary/aromatic N) is 2. The molecule has 1 saturated heterocycles. The number of phenols is 1. The average Bonchev–Trinajstić information content (AvgIpc) is 3.97. The zero-order valence-corrected chi connectivity index (χ0v) is 32.0. The predicted octanol–water partition coefficient (Wildman–Crippen LogP) is 5.67. The maximum absolute atomic E-state index is 13.6. The molecule has 14 heteroatoms. The smallest absolute Gasteiger partial charge is 0.349 e. The zero-order chi connectivity index (χ0) is 37.5. The van der Waals surface area contributed by atoms with Gasteiger partial charge >= 0.3 is 10.8 Å². The SMILES string of the molecule is O=C(OC1CCC12CCN(CCCn1c(=O)sc3cc(CNC[C@H](O)c4ccc(O)c5[nH]c(=O)ccc45)ccc31)CC2)C(O)(c1cccs1)c1cccs1. The van der Waals surface area contributed by atoms with E-state index in [0.29, 0.717) is 39.3 Å². The Morgan fingerprint density at radius 1 is 1.00 bits per heavy atom. The lowest BCUT2D eigenvalue weighted by atomic mass is 9.60. The number of H-pyrrole nitrogens is 1. The summed E-state index contributed by atoms with van der Waals surface area (Å²) >= 11 is 3.95. The van der Waals surface area contributed by atoms with Crippen molar-refractivity contribution in [3.05, 3.63) is 118 Å². The first kappa shape index (κ1) is 36.8. The number of benzene rings is 2. The molecular weight excluding hydrogens is 745 g/mol. The predicted molar refractivity (Wildman–Crippen MR) is 212 cm³/mol. The zero-order valence-electron chi connectivity index (χ0n) is 29.5. The fourth-order valence-electron chi connectivity index (χ4n) is 8.05. The van der Waals surface area contributed by atoms with E-state index in [2.05, 4.69) is 15.2 Å². The highest BCUT2D eigenvalue weighted by Gasteiger charge is 2.53. The first-order valence-corrected chi connectivity index (χ1v) is 20.8. The van der Waals surface area contributed by atoms with Crippen molar-refractivity contribution >= 4 is 61.1 Å². The molecule has 2 aromatic carbocycles. The highest BCUT2D eigenvalue weighted by molar-refractivity contribution is 7.16. The number of thiophene rings is 2. The van der Waals surface area contributed by atoms with Crippen LogP contribution in [-0.2, 0) is 28.2 Å². The van der Waals surface area contributed by atoms with Crippen LogP contribution in [0.4, 0.5) is 0 Å². The largest absolute Gasteiger partial charge is 0.506 e. The first-order valence-electron chi connectivity index (χ1n) is 18.2. The molecule has 282 valence electrons. The van der Waals surface area contributed by atoms with Gasteiger partial charge in [0.1, 0.15) is 11.9 Å². The molecule has 0 radical (unpaired) electrons. The minimum atomic E-state index is -1.79. The molecule has 5 N–H and O–H groups in total. The van der Waals surface area contributed by atoms with E-state index < -0.39 is 17.7 Å². The number of pyridine rings is 1. The number of esters is 1. The molecule has 1 aliphatic carbocycles. The molecule has 11 nitrogen and oxygen atoms in total. The molecule has 2 atom stereocenters. The highest BCUT2D eigenvalue weighted by Crippen LogP contribution is 2.52. The number of rotatable bonds is 13. The van der Waals surface area contributed by atoms with Crippen LogP contribution in [0.5, 0.6) is 5.75 Å². The van der Waals surface area contributed by atoms with E-state index in [9.17, 15) is 29.7 Å². The summed E-state index contributed by atoms with van der Waals surface area (Å²) in [6.07, 6.45) is 3.47. The second-order valence-electron chi connectivity index (χ2n) is 14.4. The van der Waals surface area contributed by atoms with Crippen LogP contribution in [0.2, 0.25) is 0 Å². The number of likely N-dealkylation sites (tertiary alicyclic amines) is 1. The van der Waals surface area contributed by atoms with Crippen molar-refractivity contribution in [1.82, 2.24) is 19.8 Å². The van der Waals surface area contributed by atoms with Gasteiger partial charge in [0.25, 0.3) is 0 Å². The third-order valence-electron chi connectivity index (χ3n) is 11.3. The second-order valence-corrected chi connectivity index (χ2v) is 17.3. The summed E-state index contributed by atoms with van der Waals surface area (Å²) in [6.45, 7) is 4.05. The number of ether oxygens (including phenoxy) is 1. The van der Waals surface area contributed by atoms with Crippen molar-refractivity contribution in [3.63, 3.8) is 0 Å². The highest BCUT2D eigenvalue weighted by atomic mass is 32.1. The summed E-state index contributed by atoms with van der Waals surface area (Å²) in [5, 5.41) is 40.3. The molecular formula is C40H42N4O7S3. The lowest BCUT2D eigenvalue weighted by molar-refractivity contribution is -0.191. The fraction of sp³-hybridized carbons (Fsp3) is 0.375. The van der Waals surface area contributed by atoms with Gasteiger partial charge in [-0.1, -0.05) is 35.6 Å². The lowest BCUT2D eigenvalue weighted by Crippen LogP contribution is -2.55. The number of aromatic nitrogens is 2. The summed E-state index contributed by atoms with van der Waals surface area (Å²) in [7, 11) is 0. The maximum Gasteiger partial charge on any atom is 0.349 e. The minimum absolute atomic E-state index is 0.0181. The number of hydrogen-bond donors (Lipinski definition) is 5. The van der Waals surface area contributed by atoms with Crippen molar-refractivity contribution in [1.29, 1.82) is 0 Å². The van der Waals surface area contributed by atoms with Crippen LogP contribution >= 0.6 is 34.0 Å². The molecule has 1 unspecified atom stereocenters. The third-order valence-corrected chi connectivity index (χ3v) is 14.2. The fourth-order valence-corrected chi connectivity index (χ4v) is 10.7. The van der Waals surface area contributed by atoms with Gasteiger partial charge in [0.2, 0.25) is 11.2 Å². The lowest BCUT2D eigenvalue weighted by Gasteiger charge is -2.53. The molecule has 54 heavy (non-hydrogen) atoms. The Hall–Kier alpha value is -4.15. The number of fused-ring (bicyclic) bond motifs is 2. The van der Waals surface area contributed by atoms with Gasteiger partial charge in [-0.05, 0) is 110 Å². The molecule has 2 aliphatic rings. The number of aromatic amines is 1. The molecule has 0 amide bonds. The van der Waals surface area contributed by atoms with Crippen molar-refractivity contribution in [3.8, 4) is 5.75 Å². The maximum atomic E-state index is 13.6. The van der Waals surface area contributed by atoms with E-state index in [-0.39, 0.29) is 34.2 Å². The number of aryl methyl sites for hydroxylation is 1. The van der Waals surface area contributed by atoms with Gasteiger partial charge in [0, 0.05) is 36.5 Å². The van der Waals surface area contributed by atoms with Gasteiger partial charge in [-0.25, -0.2) is 4.79 Å². The summed E-state index contributed by atoms with van der Waals surface area (Å²) < 4.78 is 8.91. The summed E-state index contributed by atoms with van der Waals surface area (Å²) in [4.78, 5) is 44.6. The van der Waals surface area contributed by atoms with Gasteiger partial charge in [-0.2, -0.15) is 0 Å². The summed E-state index contributed by atoms with van der Waals surface area (Å²) in [5.74, 6) is -0.639. The average molecular weight is 787 g/mol. The van der Waals surface area contributed by atoms with Crippen LogP contribution in [-0.4, -0.2) is 68.0 Å². The van der Waals surface area contributed by atoms with Gasteiger partial charge in [0.05, 0.1) is 31.6 Å². The topological polar surface area (TPSA) is 157 Å². The first-order chi connectivity index (χ1) is 26.1. The molecule has 2 fully saturated rings. The Labute approximate surface area is 323 Å². The van der Waals surface area contributed by atoms with E-state index in [1.54, 1.807) is 24.3 Å². The van der Waals surface area contributed by atoms with E-state index in [1.165, 1.54) is 46.1 Å². The van der Waals surface area contributed by atoms with Crippen LogP contribution in [0.25, 0.3) is 21.1 Å². The summed E-state index contributed by atoms with van der Waals surface area (Å²) in [6, 6.07) is 19.3. The quantitative estimate of drug-likeness (QED) is 0.0932. The molecule has 1 saturated carbocycles. The molecule has 5 heterocycles. The van der Waals surface area contributed by atoms with Gasteiger partial charge < -0.3 is 35.3 Å². The van der Waals surface area contributed by atoms with E-state index >= 15 is 0 Å². The van der Waals surface area contributed by atoms with Gasteiger partial charge in [-0.15, -0.1) is 22.7 Å². The number of hydrogen-bond acceptors (Lipinski definition) is 12. The Kier molecular flexibility index (Phi) is 10.3. The molecule has 1 aliphatic heterocycles.